The molecule has 0 saturated heterocycles. The third kappa shape index (κ3) is 7.88. The Labute approximate surface area is 156 Å². The van der Waals surface area contributed by atoms with Crippen molar-refractivity contribution in [3.63, 3.8) is 0 Å². The van der Waals surface area contributed by atoms with Crippen molar-refractivity contribution >= 4 is 43.2 Å². The Balaban J connectivity index is 0.000000816. The first kappa shape index (κ1) is 20.0. The zero-order chi connectivity index (χ0) is 16.9. The number of pyridine rings is 1. The van der Waals surface area contributed by atoms with Gasteiger partial charge in [0, 0.05) is 11.8 Å². The summed E-state index contributed by atoms with van der Waals surface area (Å²) in [5.41, 5.74) is 6.55. The summed E-state index contributed by atoms with van der Waals surface area (Å²) in [5.74, 6) is 0. The van der Waals surface area contributed by atoms with Crippen molar-refractivity contribution in [1.29, 1.82) is 0 Å². The van der Waals surface area contributed by atoms with Crippen LogP contribution in [0.4, 0.5) is 0 Å². The third-order valence-corrected chi connectivity index (χ3v) is 2.78. The quantitative estimate of drug-likeness (QED) is 0.206. The summed E-state index contributed by atoms with van der Waals surface area (Å²) < 4.78 is 0. The van der Waals surface area contributed by atoms with E-state index in [2.05, 4.69) is 53.2 Å². The number of nitrogens with zero attached hydrogens (tertiary/aromatic N) is 3. The van der Waals surface area contributed by atoms with Gasteiger partial charge in [-0.2, -0.15) is 0 Å². The topological polar surface area (TPSA) is 51.4 Å². The fourth-order valence-electron chi connectivity index (χ4n) is 1.65. The van der Waals surface area contributed by atoms with E-state index in [1.165, 1.54) is 0 Å². The molecule has 4 nitrogen and oxygen atoms in total. The van der Waals surface area contributed by atoms with Gasteiger partial charge in [-0.05, 0) is 18.7 Å². The monoisotopic (exact) mass is 417 g/mol. The predicted octanol–water partition coefficient (Wildman–Crippen LogP) is 3.56. The maximum atomic E-state index is 4.67. The van der Waals surface area contributed by atoms with Crippen LogP contribution in [-0.4, -0.2) is 22.4 Å². The van der Waals surface area contributed by atoms with E-state index in [0.717, 1.165) is 36.6 Å². The van der Waals surface area contributed by atoms with Gasteiger partial charge in [0.05, 0.1) is 11.4 Å². The summed E-state index contributed by atoms with van der Waals surface area (Å²) in [7, 11) is 9.34. The molecule has 0 bridgehead atoms. The maximum absolute atomic E-state index is 4.67. The normalized spacial score (nSPS) is 10.7. The van der Waals surface area contributed by atoms with Crippen molar-refractivity contribution in [2.45, 2.75) is 6.92 Å². The molecule has 1 heterocycles. The van der Waals surface area contributed by atoms with Crippen LogP contribution in [0.25, 0.3) is 5.43 Å². The van der Waals surface area contributed by atoms with Gasteiger partial charge in [0.1, 0.15) is 0 Å². The van der Waals surface area contributed by atoms with E-state index in [-0.39, 0.29) is 0 Å². The molecule has 0 aliphatic carbocycles. The Hall–Kier alpha value is -1.01. The van der Waals surface area contributed by atoms with E-state index in [0.29, 0.717) is 5.11 Å². The van der Waals surface area contributed by atoms with E-state index in [1.807, 2.05) is 55.5 Å². The van der Waals surface area contributed by atoms with Crippen molar-refractivity contribution in [2.24, 2.45) is 5.10 Å². The van der Waals surface area contributed by atoms with Crippen LogP contribution in [0, 0.1) is 0 Å². The van der Waals surface area contributed by atoms with Crippen molar-refractivity contribution in [3.05, 3.63) is 71.4 Å². The van der Waals surface area contributed by atoms with Crippen LogP contribution in [0.1, 0.15) is 18.2 Å². The third-order valence-electron chi connectivity index (χ3n) is 2.53. The van der Waals surface area contributed by atoms with Crippen LogP contribution < -0.4 is 5.32 Å². The van der Waals surface area contributed by atoms with E-state index < -0.39 is 0 Å². The zero-order valence-corrected chi connectivity index (χ0v) is 15.6. The molecule has 1 N–H and O–H groups in total. The van der Waals surface area contributed by atoms with Gasteiger partial charge in [0.2, 0.25) is 0 Å². The Morgan fingerprint density at radius 3 is 2.43 bits per heavy atom. The fraction of sp³-hybridized carbons (Fsp3) is 0.133. The van der Waals surface area contributed by atoms with Gasteiger partial charge in [-0.1, -0.05) is 43.3 Å². The predicted molar refractivity (Wildman–Crippen MR) is 98.8 cm³/mol. The number of hydrogen-bond donors (Lipinski definition) is 1. The zero-order valence-electron chi connectivity index (χ0n) is 12.2. The molecule has 2 aromatic rings. The number of hydrogen-bond acceptors (Lipinski definition) is 2. The first-order valence-electron chi connectivity index (χ1n) is 6.59. The number of benzene rings is 1. The molecule has 1 aromatic heterocycles. The van der Waals surface area contributed by atoms with Crippen molar-refractivity contribution in [1.82, 2.24) is 10.3 Å². The Morgan fingerprint density at radius 1 is 1.22 bits per heavy atom. The molecular formula is C15H16Cl2CuN4S. The molecule has 0 amide bonds. The van der Waals surface area contributed by atoms with E-state index in [9.17, 15) is 0 Å². The number of thiol groups is 1. The summed E-state index contributed by atoms with van der Waals surface area (Å²) in [5, 5.41) is 7.76. The van der Waals surface area contributed by atoms with E-state index in [1.54, 1.807) is 6.20 Å². The van der Waals surface area contributed by atoms with Gasteiger partial charge in [-0.3, -0.25) is 10.3 Å². The van der Waals surface area contributed by atoms with Crippen molar-refractivity contribution < 1.29 is 13.1 Å². The van der Waals surface area contributed by atoms with Gasteiger partial charge in [-0.15, -0.1) is 0 Å². The molecule has 0 radical (unpaired) electrons. The van der Waals surface area contributed by atoms with E-state index >= 15 is 0 Å². The minimum atomic E-state index is 0.483. The average molecular weight is 419 g/mol. The molecular weight excluding hydrogens is 403 g/mol. The summed E-state index contributed by atoms with van der Waals surface area (Å²) in [6, 6.07) is 15.6. The molecule has 23 heavy (non-hydrogen) atoms. The number of nitrogens with one attached hydrogen (secondary N) is 1. The van der Waals surface area contributed by atoms with Crippen LogP contribution >= 0.6 is 20.2 Å². The van der Waals surface area contributed by atoms with Gasteiger partial charge in [0.25, 0.3) is 0 Å². The fourth-order valence-corrected chi connectivity index (χ4v) is 1.85. The van der Waals surface area contributed by atoms with Crippen LogP contribution in [0.5, 0.6) is 0 Å². The molecule has 0 atom stereocenters. The molecule has 2 rings (SSSR count). The SMILES string of the molecule is CCNC(=[SH+])[N-]N=C(c1ccccc1)c1ccccn1.[Cl][Cu][Cl]. The summed E-state index contributed by atoms with van der Waals surface area (Å²) >= 11 is 4.98. The van der Waals surface area contributed by atoms with Crippen LogP contribution in [0.15, 0.2) is 59.8 Å². The summed E-state index contributed by atoms with van der Waals surface area (Å²) in [4.78, 5) is 4.33. The standard InChI is InChI=1S/C15H16N4S.2ClH.Cu/c1-2-16-15(20)19-18-14(12-8-4-3-5-9-12)13-10-6-7-11-17-13;;;/h3-11H,2H2,1H3,(H2,16,17,19,20);2*1H;/q;;;+2/p-2. The second-order valence-electron chi connectivity index (χ2n) is 4.03. The van der Waals surface area contributed by atoms with Gasteiger partial charge < -0.3 is 10.5 Å². The molecule has 0 aliphatic rings. The molecule has 0 spiro atoms. The average Bonchev–Trinajstić information content (AvgIpc) is 2.58. The van der Waals surface area contributed by atoms with Crippen LogP contribution in [0.3, 0.4) is 0 Å². The molecule has 0 saturated carbocycles. The summed E-state index contributed by atoms with van der Waals surface area (Å²) in [6.07, 6.45) is 1.74. The second kappa shape index (κ2) is 12.4. The second-order valence-corrected chi connectivity index (χ2v) is 6.01. The van der Waals surface area contributed by atoms with E-state index in [4.69, 9.17) is 0 Å². The Morgan fingerprint density at radius 2 is 1.87 bits per heavy atom. The van der Waals surface area contributed by atoms with Crippen molar-refractivity contribution in [3.8, 4) is 0 Å². The first-order chi connectivity index (χ1) is 11.2. The number of rotatable bonds is 4. The molecule has 0 aliphatic heterocycles. The van der Waals surface area contributed by atoms with Gasteiger partial charge in [-0.25, -0.2) is 0 Å². The summed E-state index contributed by atoms with van der Waals surface area (Å²) in [6.45, 7) is 2.73. The molecule has 8 heteroatoms. The van der Waals surface area contributed by atoms with Gasteiger partial charge >= 0.3 is 33.3 Å². The number of halogens is 2. The molecule has 1 aromatic carbocycles. The van der Waals surface area contributed by atoms with Gasteiger partial charge in [0.15, 0.2) is 17.3 Å². The molecule has 127 valence electrons. The Bertz CT molecular complexity index is 570. The van der Waals surface area contributed by atoms with Crippen molar-refractivity contribution in [2.75, 3.05) is 6.54 Å². The molecule has 0 fully saturated rings. The minimum absolute atomic E-state index is 0.483. The number of aromatic nitrogens is 1. The Kier molecular flexibility index (Phi) is 10.8. The first-order valence-corrected chi connectivity index (χ1v) is 9.63. The molecule has 0 unspecified atom stereocenters. The van der Waals surface area contributed by atoms with Crippen LogP contribution in [0.2, 0.25) is 0 Å². The van der Waals surface area contributed by atoms with Crippen LogP contribution in [-0.2, 0) is 25.4 Å².